The van der Waals surface area contributed by atoms with Crippen LogP contribution in [0.25, 0.3) is 10.2 Å². The second-order valence-corrected chi connectivity index (χ2v) is 7.22. The van der Waals surface area contributed by atoms with Crippen molar-refractivity contribution >= 4 is 39.1 Å². The molecule has 2 aromatic rings. The van der Waals surface area contributed by atoms with Crippen LogP contribution in [0.4, 0.5) is 0 Å². The Morgan fingerprint density at radius 1 is 1.38 bits per heavy atom. The van der Waals surface area contributed by atoms with Crippen molar-refractivity contribution in [2.75, 3.05) is 19.6 Å². The molecule has 1 aromatic heterocycles. The van der Waals surface area contributed by atoms with Gasteiger partial charge < -0.3 is 10.2 Å². The number of piperidine rings is 1. The first-order chi connectivity index (χ1) is 10.2. The molecule has 0 radical (unpaired) electrons. The lowest BCUT2D eigenvalue weighted by Gasteiger charge is -2.31. The summed E-state index contributed by atoms with van der Waals surface area (Å²) in [5.74, 6) is 0.738. The third kappa shape index (κ3) is 2.65. The van der Waals surface area contributed by atoms with Gasteiger partial charge in [0.25, 0.3) is 0 Å². The fraction of sp³-hybridized carbons (Fsp3) is 0.467. The first kappa shape index (κ1) is 13.5. The predicted molar refractivity (Wildman–Crippen MR) is 85.0 cm³/mol. The van der Waals surface area contributed by atoms with Crippen LogP contribution in [-0.2, 0) is 4.79 Å². The highest BCUT2D eigenvalue weighted by Gasteiger charge is 2.35. The zero-order valence-electron chi connectivity index (χ0n) is 11.5. The molecule has 2 fully saturated rings. The number of halogens is 1. The topological polar surface area (TPSA) is 55.1 Å². The molecule has 4 nitrogen and oxygen atoms in total. The molecule has 2 aliphatic heterocycles. The van der Waals surface area contributed by atoms with Crippen LogP contribution in [0.1, 0.15) is 23.8 Å². The van der Waals surface area contributed by atoms with Crippen molar-refractivity contribution in [2.24, 2.45) is 0 Å². The maximum absolute atomic E-state index is 12.0. The number of hydrogen-bond acceptors (Lipinski definition) is 4. The number of benzene rings is 1. The standard InChI is InChI=1S/C15H16ClN3OS/c16-10-1-2-13-11(7-10)18-14(21-13)9-3-5-19(6-4-9)15(20)12-8-17-12/h1-2,7,9,12,17H,3-6,8H2/t12-/m1/s1. The molecular weight excluding hydrogens is 306 g/mol. The molecule has 2 saturated heterocycles. The van der Waals surface area contributed by atoms with Gasteiger partial charge in [0, 0.05) is 30.6 Å². The van der Waals surface area contributed by atoms with Gasteiger partial charge in [-0.2, -0.15) is 0 Å². The van der Waals surface area contributed by atoms with Gasteiger partial charge in [0.15, 0.2) is 0 Å². The van der Waals surface area contributed by atoms with Crippen LogP contribution in [0.2, 0.25) is 5.02 Å². The van der Waals surface area contributed by atoms with Crippen molar-refractivity contribution in [1.29, 1.82) is 0 Å². The number of nitrogens with one attached hydrogen (secondary N) is 1. The van der Waals surface area contributed by atoms with Gasteiger partial charge in [-0.25, -0.2) is 4.98 Å². The van der Waals surface area contributed by atoms with E-state index < -0.39 is 0 Å². The molecule has 0 saturated carbocycles. The van der Waals surface area contributed by atoms with Crippen LogP contribution in [-0.4, -0.2) is 41.5 Å². The van der Waals surface area contributed by atoms with E-state index in [0.717, 1.165) is 43.0 Å². The number of carbonyl (C=O) groups is 1. The molecule has 21 heavy (non-hydrogen) atoms. The van der Waals surface area contributed by atoms with E-state index in [-0.39, 0.29) is 11.9 Å². The monoisotopic (exact) mass is 321 g/mol. The Bertz CT molecular complexity index is 689. The Labute approximate surface area is 132 Å². The highest BCUT2D eigenvalue weighted by molar-refractivity contribution is 7.18. The third-order valence-corrected chi connectivity index (χ3v) is 5.66. The van der Waals surface area contributed by atoms with Crippen LogP contribution >= 0.6 is 22.9 Å². The minimum Gasteiger partial charge on any atom is -0.341 e. The Morgan fingerprint density at radius 2 is 2.14 bits per heavy atom. The van der Waals surface area contributed by atoms with Gasteiger partial charge in [0.2, 0.25) is 5.91 Å². The largest absolute Gasteiger partial charge is 0.341 e. The van der Waals surface area contributed by atoms with Crippen molar-refractivity contribution in [3.63, 3.8) is 0 Å². The van der Waals surface area contributed by atoms with Gasteiger partial charge in [0.05, 0.1) is 21.3 Å². The molecule has 0 unspecified atom stereocenters. The summed E-state index contributed by atoms with van der Waals surface area (Å²) in [6.07, 6.45) is 2.01. The number of fused-ring (bicyclic) bond motifs is 1. The molecule has 0 spiro atoms. The Kier molecular flexibility index (Phi) is 3.36. The van der Waals surface area contributed by atoms with Crippen molar-refractivity contribution < 1.29 is 4.79 Å². The molecule has 0 aliphatic carbocycles. The van der Waals surface area contributed by atoms with Crippen molar-refractivity contribution in [3.8, 4) is 0 Å². The quantitative estimate of drug-likeness (QED) is 0.865. The predicted octanol–water partition coefficient (Wildman–Crippen LogP) is 2.63. The molecule has 0 bridgehead atoms. The van der Waals surface area contributed by atoms with Crippen LogP contribution in [0, 0.1) is 0 Å². The van der Waals surface area contributed by atoms with E-state index >= 15 is 0 Å². The van der Waals surface area contributed by atoms with Crippen LogP contribution < -0.4 is 5.32 Å². The lowest BCUT2D eigenvalue weighted by Crippen LogP contribution is -2.40. The minimum atomic E-state index is 0.0890. The second-order valence-electron chi connectivity index (χ2n) is 5.72. The number of likely N-dealkylation sites (tertiary alicyclic amines) is 1. The first-order valence-electron chi connectivity index (χ1n) is 7.29. The van der Waals surface area contributed by atoms with Crippen LogP contribution in [0.3, 0.4) is 0 Å². The second kappa shape index (κ2) is 5.23. The van der Waals surface area contributed by atoms with E-state index in [0.29, 0.717) is 5.92 Å². The van der Waals surface area contributed by atoms with Crippen LogP contribution in [0.15, 0.2) is 18.2 Å². The number of aromatic nitrogens is 1. The van der Waals surface area contributed by atoms with E-state index in [1.165, 1.54) is 9.71 Å². The molecule has 3 heterocycles. The highest BCUT2D eigenvalue weighted by Crippen LogP contribution is 2.34. The lowest BCUT2D eigenvalue weighted by molar-refractivity contribution is -0.131. The third-order valence-electron chi connectivity index (χ3n) is 4.23. The normalized spacial score (nSPS) is 22.7. The van der Waals surface area contributed by atoms with Gasteiger partial charge in [0.1, 0.15) is 0 Å². The van der Waals surface area contributed by atoms with E-state index in [4.69, 9.17) is 16.6 Å². The number of rotatable bonds is 2. The number of thiazole rings is 1. The number of amides is 1. The zero-order chi connectivity index (χ0) is 14.4. The number of hydrogen-bond donors (Lipinski definition) is 1. The van der Waals surface area contributed by atoms with Gasteiger partial charge >= 0.3 is 0 Å². The Balaban J connectivity index is 1.48. The lowest BCUT2D eigenvalue weighted by atomic mass is 9.97. The summed E-state index contributed by atoms with van der Waals surface area (Å²) in [6.45, 7) is 2.54. The fourth-order valence-electron chi connectivity index (χ4n) is 2.89. The highest BCUT2D eigenvalue weighted by atomic mass is 35.5. The number of carbonyl (C=O) groups excluding carboxylic acids is 1. The van der Waals surface area contributed by atoms with Crippen molar-refractivity contribution in [2.45, 2.75) is 24.8 Å². The average molecular weight is 322 g/mol. The summed E-state index contributed by atoms with van der Waals surface area (Å²) in [7, 11) is 0. The molecule has 1 aromatic carbocycles. The Morgan fingerprint density at radius 3 is 2.86 bits per heavy atom. The van der Waals surface area contributed by atoms with Crippen molar-refractivity contribution in [3.05, 3.63) is 28.2 Å². The SMILES string of the molecule is O=C([C@H]1CN1)N1CCC(c2nc3cc(Cl)ccc3s2)CC1. The first-order valence-corrected chi connectivity index (χ1v) is 8.48. The maximum atomic E-state index is 12.0. The average Bonchev–Trinajstić information content (AvgIpc) is 3.26. The minimum absolute atomic E-state index is 0.0890. The van der Waals surface area contributed by atoms with Gasteiger partial charge in [-0.3, -0.25) is 4.79 Å². The molecule has 1 atom stereocenters. The van der Waals surface area contributed by atoms with Gasteiger partial charge in [-0.15, -0.1) is 11.3 Å². The summed E-state index contributed by atoms with van der Waals surface area (Å²) >= 11 is 7.77. The summed E-state index contributed by atoms with van der Waals surface area (Å²) < 4.78 is 1.19. The molecule has 2 aliphatic rings. The molecule has 1 amide bonds. The summed E-state index contributed by atoms with van der Waals surface area (Å²) in [6, 6.07) is 5.96. The van der Waals surface area contributed by atoms with E-state index in [9.17, 15) is 4.79 Å². The smallest absolute Gasteiger partial charge is 0.241 e. The summed E-state index contributed by atoms with van der Waals surface area (Å²) in [4.78, 5) is 18.7. The van der Waals surface area contributed by atoms with Crippen LogP contribution in [0.5, 0.6) is 0 Å². The number of nitrogens with zero attached hydrogens (tertiary/aromatic N) is 2. The van der Waals surface area contributed by atoms with Gasteiger partial charge in [-0.1, -0.05) is 11.6 Å². The summed E-state index contributed by atoms with van der Waals surface area (Å²) in [5.41, 5.74) is 0.989. The maximum Gasteiger partial charge on any atom is 0.241 e. The van der Waals surface area contributed by atoms with E-state index in [2.05, 4.69) is 5.32 Å². The Hall–Kier alpha value is -1.17. The molecule has 4 rings (SSSR count). The van der Waals surface area contributed by atoms with Gasteiger partial charge in [-0.05, 0) is 31.0 Å². The van der Waals surface area contributed by atoms with E-state index in [1.54, 1.807) is 11.3 Å². The zero-order valence-corrected chi connectivity index (χ0v) is 13.1. The van der Waals surface area contributed by atoms with E-state index in [1.807, 2.05) is 23.1 Å². The molecule has 110 valence electrons. The molecule has 6 heteroatoms. The fourth-order valence-corrected chi connectivity index (χ4v) is 4.18. The molecular formula is C15H16ClN3OS. The van der Waals surface area contributed by atoms with Crippen molar-refractivity contribution in [1.82, 2.24) is 15.2 Å². The summed E-state index contributed by atoms with van der Waals surface area (Å²) in [5, 5.41) is 5.00. The molecule has 1 N–H and O–H groups in total.